The molecule has 0 aliphatic heterocycles. The van der Waals surface area contributed by atoms with E-state index in [4.69, 9.17) is 5.73 Å². The van der Waals surface area contributed by atoms with E-state index >= 15 is 0 Å². The van der Waals surface area contributed by atoms with Crippen molar-refractivity contribution in [2.24, 2.45) is 0 Å². The topological polar surface area (TPSA) is 80.9 Å². The third kappa shape index (κ3) is 2.99. The molecule has 0 fully saturated rings. The fourth-order valence-corrected chi connectivity index (χ4v) is 2.80. The van der Waals surface area contributed by atoms with Gasteiger partial charge >= 0.3 is 0 Å². The zero-order valence-corrected chi connectivity index (χ0v) is 11.2. The van der Waals surface area contributed by atoms with E-state index in [1.807, 2.05) is 11.4 Å². The van der Waals surface area contributed by atoms with Gasteiger partial charge in [-0.15, -0.1) is 17.9 Å². The Bertz CT molecular complexity index is 581. The number of amides is 1. The number of fused-ring (bicyclic) bond motifs is 1. The number of thioether (sulfide) groups is 1. The molecule has 2 heterocycles. The van der Waals surface area contributed by atoms with E-state index in [1.54, 1.807) is 6.08 Å². The second kappa shape index (κ2) is 5.83. The van der Waals surface area contributed by atoms with E-state index in [2.05, 4.69) is 21.9 Å². The minimum Gasteiger partial charge on any atom is -0.383 e. The maximum atomic E-state index is 11.4. The van der Waals surface area contributed by atoms with Crippen LogP contribution in [0, 0.1) is 0 Å². The standard InChI is InChI=1S/C11H12N4OS2/c1-2-4-13-8(16)6-18-11-14-9(12)7-3-5-17-10(7)15-11/h2-3,5H,1,4,6H2,(H,13,16)(H2,12,14,15). The maximum Gasteiger partial charge on any atom is 0.230 e. The molecule has 2 rings (SSSR count). The zero-order valence-electron chi connectivity index (χ0n) is 9.55. The minimum atomic E-state index is -0.0756. The third-order valence-corrected chi connectivity index (χ3v) is 3.76. The van der Waals surface area contributed by atoms with E-state index in [9.17, 15) is 4.79 Å². The van der Waals surface area contributed by atoms with Gasteiger partial charge in [-0.25, -0.2) is 9.97 Å². The molecule has 0 spiro atoms. The first-order valence-corrected chi connectivity index (χ1v) is 7.08. The molecule has 94 valence electrons. The van der Waals surface area contributed by atoms with Crippen molar-refractivity contribution in [3.8, 4) is 0 Å². The summed E-state index contributed by atoms with van der Waals surface area (Å²) in [5.74, 6) is 0.646. The average molecular weight is 280 g/mol. The molecule has 0 radical (unpaired) electrons. The Morgan fingerprint density at radius 2 is 2.44 bits per heavy atom. The van der Waals surface area contributed by atoms with Crippen LogP contribution in [0.15, 0.2) is 29.3 Å². The van der Waals surface area contributed by atoms with Gasteiger partial charge in [-0.1, -0.05) is 17.8 Å². The summed E-state index contributed by atoms with van der Waals surface area (Å²) in [6.45, 7) is 3.99. The Balaban J connectivity index is 2.03. The number of carbonyl (C=O) groups excluding carboxylic acids is 1. The number of aromatic nitrogens is 2. The van der Waals surface area contributed by atoms with Crippen molar-refractivity contribution >= 4 is 45.0 Å². The number of nitrogens with one attached hydrogen (secondary N) is 1. The van der Waals surface area contributed by atoms with E-state index in [0.29, 0.717) is 17.5 Å². The second-order valence-corrected chi connectivity index (χ2v) is 5.25. The van der Waals surface area contributed by atoms with Gasteiger partial charge in [0, 0.05) is 6.54 Å². The van der Waals surface area contributed by atoms with Crippen LogP contribution in [0.4, 0.5) is 5.82 Å². The summed E-state index contributed by atoms with van der Waals surface area (Å²) in [6, 6.07) is 1.89. The number of rotatable bonds is 5. The normalized spacial score (nSPS) is 10.4. The molecule has 2 aromatic rings. The number of nitrogens with zero attached hydrogens (tertiary/aromatic N) is 2. The summed E-state index contributed by atoms with van der Waals surface area (Å²) < 4.78 is 0. The van der Waals surface area contributed by atoms with Crippen molar-refractivity contribution in [2.45, 2.75) is 5.16 Å². The lowest BCUT2D eigenvalue weighted by Crippen LogP contribution is -2.25. The van der Waals surface area contributed by atoms with Crippen molar-refractivity contribution in [1.29, 1.82) is 0 Å². The van der Waals surface area contributed by atoms with Crippen molar-refractivity contribution in [3.05, 3.63) is 24.1 Å². The van der Waals surface area contributed by atoms with Gasteiger partial charge in [0.2, 0.25) is 5.91 Å². The quantitative estimate of drug-likeness (QED) is 0.494. The monoisotopic (exact) mass is 280 g/mol. The van der Waals surface area contributed by atoms with Gasteiger partial charge in [-0.05, 0) is 11.4 Å². The number of hydrogen-bond donors (Lipinski definition) is 2. The molecular formula is C11H12N4OS2. The van der Waals surface area contributed by atoms with Crippen LogP contribution in [0.25, 0.3) is 10.2 Å². The lowest BCUT2D eigenvalue weighted by molar-refractivity contribution is -0.118. The second-order valence-electron chi connectivity index (χ2n) is 3.41. The van der Waals surface area contributed by atoms with Gasteiger partial charge in [0.15, 0.2) is 5.16 Å². The molecule has 0 unspecified atom stereocenters. The van der Waals surface area contributed by atoms with Crippen molar-refractivity contribution in [3.63, 3.8) is 0 Å². The molecule has 0 bridgehead atoms. The molecule has 2 aromatic heterocycles. The molecule has 18 heavy (non-hydrogen) atoms. The summed E-state index contributed by atoms with van der Waals surface area (Å²) in [4.78, 5) is 20.8. The Morgan fingerprint density at radius 1 is 1.61 bits per heavy atom. The first-order valence-electron chi connectivity index (χ1n) is 5.22. The smallest absolute Gasteiger partial charge is 0.230 e. The minimum absolute atomic E-state index is 0.0756. The van der Waals surface area contributed by atoms with Gasteiger partial charge in [0.1, 0.15) is 10.6 Å². The average Bonchev–Trinajstić information content (AvgIpc) is 2.82. The highest BCUT2D eigenvalue weighted by Gasteiger charge is 2.08. The molecular weight excluding hydrogens is 268 g/mol. The zero-order chi connectivity index (χ0) is 13.0. The predicted octanol–water partition coefficient (Wildman–Crippen LogP) is 1.67. The molecule has 0 atom stereocenters. The predicted molar refractivity (Wildman–Crippen MR) is 75.8 cm³/mol. The van der Waals surface area contributed by atoms with Crippen LogP contribution >= 0.6 is 23.1 Å². The van der Waals surface area contributed by atoms with E-state index in [-0.39, 0.29) is 11.7 Å². The van der Waals surface area contributed by atoms with Crippen LogP contribution in [0.5, 0.6) is 0 Å². The van der Waals surface area contributed by atoms with E-state index in [0.717, 1.165) is 10.2 Å². The summed E-state index contributed by atoms with van der Waals surface area (Å²) in [7, 11) is 0. The van der Waals surface area contributed by atoms with Crippen molar-refractivity contribution in [2.75, 3.05) is 18.0 Å². The van der Waals surface area contributed by atoms with Gasteiger partial charge in [-0.2, -0.15) is 0 Å². The van der Waals surface area contributed by atoms with E-state index in [1.165, 1.54) is 23.1 Å². The Morgan fingerprint density at radius 3 is 3.22 bits per heavy atom. The fourth-order valence-electron chi connectivity index (χ4n) is 1.29. The van der Waals surface area contributed by atoms with E-state index < -0.39 is 0 Å². The molecule has 5 nitrogen and oxygen atoms in total. The highest BCUT2D eigenvalue weighted by Crippen LogP contribution is 2.25. The number of thiophene rings is 1. The highest BCUT2D eigenvalue weighted by atomic mass is 32.2. The number of anilines is 1. The lowest BCUT2D eigenvalue weighted by atomic mass is 10.4. The molecule has 0 saturated heterocycles. The summed E-state index contributed by atoms with van der Waals surface area (Å²) in [6.07, 6.45) is 1.63. The number of nitrogen functional groups attached to an aromatic ring is 1. The molecule has 7 heteroatoms. The largest absolute Gasteiger partial charge is 0.383 e. The van der Waals surface area contributed by atoms with Crippen LogP contribution in [0.1, 0.15) is 0 Å². The Hall–Kier alpha value is -1.60. The highest BCUT2D eigenvalue weighted by molar-refractivity contribution is 7.99. The van der Waals surface area contributed by atoms with Gasteiger partial charge in [0.05, 0.1) is 11.1 Å². The van der Waals surface area contributed by atoms with Gasteiger partial charge < -0.3 is 11.1 Å². The summed E-state index contributed by atoms with van der Waals surface area (Å²) in [5, 5.41) is 5.99. The van der Waals surface area contributed by atoms with Crippen LogP contribution in [-0.2, 0) is 4.79 Å². The summed E-state index contributed by atoms with van der Waals surface area (Å²) in [5.41, 5.74) is 5.82. The Labute approximate surface area is 113 Å². The first kappa shape index (κ1) is 12.8. The van der Waals surface area contributed by atoms with Crippen LogP contribution in [0.3, 0.4) is 0 Å². The molecule has 1 amide bonds. The molecule has 0 saturated carbocycles. The Kier molecular flexibility index (Phi) is 4.16. The molecule has 3 N–H and O–H groups in total. The number of hydrogen-bond acceptors (Lipinski definition) is 6. The lowest BCUT2D eigenvalue weighted by Gasteiger charge is -2.03. The van der Waals surface area contributed by atoms with Gasteiger partial charge in [-0.3, -0.25) is 4.79 Å². The number of nitrogens with two attached hydrogens (primary N) is 1. The van der Waals surface area contributed by atoms with Crippen LogP contribution in [0.2, 0.25) is 0 Å². The fraction of sp³-hybridized carbons (Fsp3) is 0.182. The summed E-state index contributed by atoms with van der Waals surface area (Å²) >= 11 is 2.78. The van der Waals surface area contributed by atoms with Crippen molar-refractivity contribution < 1.29 is 4.79 Å². The molecule has 0 aliphatic rings. The molecule has 0 aliphatic carbocycles. The van der Waals surface area contributed by atoms with Crippen LogP contribution in [-0.4, -0.2) is 28.2 Å². The van der Waals surface area contributed by atoms with Gasteiger partial charge in [0.25, 0.3) is 0 Å². The van der Waals surface area contributed by atoms with Crippen molar-refractivity contribution in [1.82, 2.24) is 15.3 Å². The first-order chi connectivity index (χ1) is 8.70. The molecule has 0 aromatic carbocycles. The SMILES string of the molecule is C=CCNC(=O)CSc1nc(N)c2ccsc2n1. The van der Waals surface area contributed by atoms with Crippen LogP contribution < -0.4 is 11.1 Å². The third-order valence-electron chi connectivity index (χ3n) is 2.11. The number of carbonyl (C=O) groups is 1. The maximum absolute atomic E-state index is 11.4.